The molecule has 0 radical (unpaired) electrons. The van der Waals surface area contributed by atoms with Gasteiger partial charge in [0.05, 0.1) is 5.56 Å². The lowest BCUT2D eigenvalue weighted by Crippen LogP contribution is -2.54. The topological polar surface area (TPSA) is 57.1 Å². The molecule has 0 aromatic heterocycles. The van der Waals surface area contributed by atoms with E-state index in [0.29, 0.717) is 0 Å². The lowest BCUT2D eigenvalue weighted by Gasteiger charge is -2.07. The molecule has 0 bridgehead atoms. The summed E-state index contributed by atoms with van der Waals surface area (Å²) in [5.41, 5.74) is 4.42. The van der Waals surface area contributed by atoms with Crippen molar-refractivity contribution >= 4 is 0 Å². The van der Waals surface area contributed by atoms with Crippen molar-refractivity contribution < 1.29 is 15.6 Å². The zero-order valence-corrected chi connectivity index (χ0v) is 6.45. The maximum atomic E-state index is 9.29. The Kier molecular flexibility index (Phi) is 2.46. The summed E-state index contributed by atoms with van der Waals surface area (Å²) in [5.74, 6) is 0.231. The fraction of sp³-hybridized carbons (Fsp3) is 0.250. The number of quaternary nitrogens is 1. The lowest BCUT2D eigenvalue weighted by molar-refractivity contribution is -0.495. The molecule has 0 aliphatic heterocycles. The molecule has 0 fully saturated rings. The molecule has 3 heteroatoms. The van der Waals surface area contributed by atoms with Crippen molar-refractivity contribution in [3.8, 4) is 5.75 Å². The minimum absolute atomic E-state index is 0.231. The van der Waals surface area contributed by atoms with Gasteiger partial charge >= 0.3 is 0 Å². The van der Waals surface area contributed by atoms with Gasteiger partial charge in [0, 0.05) is 7.11 Å². The quantitative estimate of drug-likeness (QED) is 0.601. The number of phenolic OH excluding ortho intramolecular Hbond substituents is 1. The van der Waals surface area contributed by atoms with Crippen molar-refractivity contribution in [3.05, 3.63) is 29.8 Å². The second-order valence-electron chi connectivity index (χ2n) is 2.28. The Morgan fingerprint density at radius 2 is 2.09 bits per heavy atom. The summed E-state index contributed by atoms with van der Waals surface area (Å²) in [7, 11) is 1.56. The van der Waals surface area contributed by atoms with Crippen molar-refractivity contribution in [1.29, 1.82) is 0 Å². The number of phenols is 1. The van der Waals surface area contributed by atoms with Gasteiger partial charge in [-0.3, -0.25) is 0 Å². The van der Waals surface area contributed by atoms with Gasteiger partial charge in [-0.05, 0) is 12.1 Å². The SMILES string of the molecule is COC([NH3+])c1ccccc1O. The van der Waals surface area contributed by atoms with Crippen LogP contribution in [0.4, 0.5) is 0 Å². The van der Waals surface area contributed by atoms with Crippen LogP contribution in [0, 0.1) is 0 Å². The number of hydrogen-bond acceptors (Lipinski definition) is 2. The summed E-state index contributed by atoms with van der Waals surface area (Å²) in [6.07, 6.45) is -0.295. The number of aromatic hydroxyl groups is 1. The van der Waals surface area contributed by atoms with Crippen LogP contribution in [0.15, 0.2) is 24.3 Å². The Morgan fingerprint density at radius 3 is 2.64 bits per heavy atom. The van der Waals surface area contributed by atoms with E-state index in [4.69, 9.17) is 4.74 Å². The van der Waals surface area contributed by atoms with Crippen molar-refractivity contribution in [2.75, 3.05) is 7.11 Å². The van der Waals surface area contributed by atoms with Crippen LogP contribution in [0.5, 0.6) is 5.75 Å². The number of ether oxygens (including phenoxy) is 1. The van der Waals surface area contributed by atoms with Gasteiger partial charge in [-0.1, -0.05) is 12.1 Å². The molecular weight excluding hydrogens is 142 g/mol. The molecule has 0 aliphatic rings. The van der Waals surface area contributed by atoms with Crippen LogP contribution in [-0.2, 0) is 4.74 Å². The monoisotopic (exact) mass is 154 g/mol. The van der Waals surface area contributed by atoms with Crippen molar-refractivity contribution in [1.82, 2.24) is 0 Å². The van der Waals surface area contributed by atoms with Crippen LogP contribution < -0.4 is 5.73 Å². The third-order valence-electron chi connectivity index (χ3n) is 1.57. The largest absolute Gasteiger partial charge is 0.507 e. The number of rotatable bonds is 2. The van der Waals surface area contributed by atoms with E-state index < -0.39 is 0 Å². The molecule has 1 aromatic rings. The smallest absolute Gasteiger partial charge is 0.218 e. The highest BCUT2D eigenvalue weighted by atomic mass is 16.5. The second-order valence-corrected chi connectivity index (χ2v) is 2.28. The second kappa shape index (κ2) is 3.37. The summed E-state index contributed by atoms with van der Waals surface area (Å²) in [4.78, 5) is 0. The first kappa shape index (κ1) is 8.04. The lowest BCUT2D eigenvalue weighted by atomic mass is 10.2. The van der Waals surface area contributed by atoms with Gasteiger partial charge < -0.3 is 15.6 Å². The first-order valence-electron chi connectivity index (χ1n) is 3.39. The van der Waals surface area contributed by atoms with Crippen LogP contribution in [-0.4, -0.2) is 12.2 Å². The third-order valence-corrected chi connectivity index (χ3v) is 1.57. The van der Waals surface area contributed by atoms with E-state index in [0.717, 1.165) is 5.56 Å². The predicted octanol–water partition coefficient (Wildman–Crippen LogP) is 0.279. The van der Waals surface area contributed by atoms with Crippen LogP contribution in [0.25, 0.3) is 0 Å². The van der Waals surface area contributed by atoms with Gasteiger partial charge in [0.15, 0.2) is 0 Å². The molecule has 0 amide bonds. The fourth-order valence-corrected chi connectivity index (χ4v) is 0.887. The number of benzene rings is 1. The van der Waals surface area contributed by atoms with Gasteiger partial charge in [-0.2, -0.15) is 0 Å². The highest BCUT2D eigenvalue weighted by Gasteiger charge is 2.10. The van der Waals surface area contributed by atoms with Crippen molar-refractivity contribution in [2.45, 2.75) is 6.23 Å². The van der Waals surface area contributed by atoms with Crippen LogP contribution in [0.3, 0.4) is 0 Å². The molecule has 60 valence electrons. The first-order valence-corrected chi connectivity index (χ1v) is 3.39. The zero-order chi connectivity index (χ0) is 8.27. The van der Waals surface area contributed by atoms with E-state index >= 15 is 0 Å². The Hall–Kier alpha value is -1.06. The molecule has 1 aromatic carbocycles. The van der Waals surface area contributed by atoms with E-state index in [-0.39, 0.29) is 12.0 Å². The molecule has 1 atom stereocenters. The Balaban J connectivity index is 2.93. The summed E-state index contributed by atoms with van der Waals surface area (Å²) in [6, 6.07) is 7.01. The van der Waals surface area contributed by atoms with Gasteiger partial charge in [0.2, 0.25) is 6.23 Å². The summed E-state index contributed by atoms with van der Waals surface area (Å²) >= 11 is 0. The van der Waals surface area contributed by atoms with E-state index in [2.05, 4.69) is 5.73 Å². The third kappa shape index (κ3) is 1.69. The van der Waals surface area contributed by atoms with Crippen LogP contribution in [0.2, 0.25) is 0 Å². The molecule has 1 rings (SSSR count). The molecule has 0 heterocycles. The Morgan fingerprint density at radius 1 is 1.45 bits per heavy atom. The highest BCUT2D eigenvalue weighted by Crippen LogP contribution is 2.20. The highest BCUT2D eigenvalue weighted by molar-refractivity contribution is 5.32. The number of methoxy groups -OCH3 is 1. The Bertz CT molecular complexity index is 237. The molecule has 4 N–H and O–H groups in total. The Labute approximate surface area is 65.4 Å². The maximum Gasteiger partial charge on any atom is 0.218 e. The van der Waals surface area contributed by atoms with E-state index in [1.807, 2.05) is 6.07 Å². The van der Waals surface area contributed by atoms with Gasteiger partial charge in [-0.25, -0.2) is 0 Å². The minimum Gasteiger partial charge on any atom is -0.507 e. The molecule has 0 spiro atoms. The van der Waals surface area contributed by atoms with E-state index in [1.54, 1.807) is 25.3 Å². The van der Waals surface area contributed by atoms with E-state index in [9.17, 15) is 5.11 Å². The fourth-order valence-electron chi connectivity index (χ4n) is 0.887. The summed E-state index contributed by atoms with van der Waals surface area (Å²) in [5, 5.41) is 9.29. The summed E-state index contributed by atoms with van der Waals surface area (Å²) in [6.45, 7) is 0. The standard InChI is InChI=1S/C8H11NO2/c1-11-8(9)6-4-2-3-5-7(6)10/h2-5,8,10H,9H2,1H3/p+1. The molecule has 1 unspecified atom stereocenters. The average Bonchev–Trinajstić information content (AvgIpc) is 2.04. The zero-order valence-electron chi connectivity index (χ0n) is 6.45. The van der Waals surface area contributed by atoms with Gasteiger partial charge in [0.25, 0.3) is 0 Å². The van der Waals surface area contributed by atoms with Crippen LogP contribution in [0.1, 0.15) is 11.8 Å². The number of para-hydroxylation sites is 1. The normalized spacial score (nSPS) is 12.9. The first-order chi connectivity index (χ1) is 5.25. The number of hydrogen-bond donors (Lipinski definition) is 2. The molecule has 11 heavy (non-hydrogen) atoms. The molecular formula is C8H12NO2+. The molecule has 0 aliphatic carbocycles. The van der Waals surface area contributed by atoms with E-state index in [1.165, 1.54) is 0 Å². The minimum atomic E-state index is -0.295. The summed E-state index contributed by atoms with van der Waals surface area (Å²) < 4.78 is 4.95. The average molecular weight is 154 g/mol. The maximum absolute atomic E-state index is 9.29. The van der Waals surface area contributed by atoms with Crippen molar-refractivity contribution in [2.24, 2.45) is 0 Å². The van der Waals surface area contributed by atoms with Gasteiger partial charge in [0.1, 0.15) is 5.75 Å². The van der Waals surface area contributed by atoms with Crippen LogP contribution >= 0.6 is 0 Å². The molecule has 0 saturated heterocycles. The van der Waals surface area contributed by atoms with Crippen molar-refractivity contribution in [3.63, 3.8) is 0 Å². The molecule has 3 nitrogen and oxygen atoms in total. The van der Waals surface area contributed by atoms with Gasteiger partial charge in [-0.15, -0.1) is 0 Å². The molecule has 0 saturated carbocycles. The predicted molar refractivity (Wildman–Crippen MR) is 40.7 cm³/mol.